The lowest BCUT2D eigenvalue weighted by molar-refractivity contribution is -0.123. The number of ketones is 2. The molecule has 0 unspecified atom stereocenters. The van der Waals surface area contributed by atoms with Crippen LogP contribution in [0.4, 0.5) is 0 Å². The smallest absolute Gasteiger partial charge is 0.180 e. The summed E-state index contributed by atoms with van der Waals surface area (Å²) in [6.07, 6.45) is 4.96. The summed E-state index contributed by atoms with van der Waals surface area (Å²) in [6.45, 7) is 9.39. The first-order chi connectivity index (χ1) is 13.4. The highest BCUT2D eigenvalue weighted by Gasteiger charge is 2.52. The topological polar surface area (TPSA) is 46.6 Å². The first kappa shape index (κ1) is 19.8. The molecule has 2 bridgehead atoms. The molecule has 1 saturated heterocycles. The first-order valence-electron chi connectivity index (χ1n) is 10.9. The molecule has 0 N–H and O–H groups in total. The van der Waals surface area contributed by atoms with Crippen LogP contribution in [0.25, 0.3) is 0 Å². The molecule has 0 aromatic heterocycles. The molecule has 2 aliphatic carbocycles. The number of nitrogens with zero attached hydrogens (tertiary/aromatic N) is 1. The third-order valence-corrected chi connectivity index (χ3v) is 7.37. The van der Waals surface area contributed by atoms with Crippen LogP contribution in [-0.4, -0.2) is 48.8 Å². The number of likely N-dealkylation sites (tertiary alicyclic amines) is 1. The molecule has 1 aromatic rings. The summed E-state index contributed by atoms with van der Waals surface area (Å²) in [4.78, 5) is 27.8. The van der Waals surface area contributed by atoms with Crippen molar-refractivity contribution in [2.24, 2.45) is 11.8 Å². The van der Waals surface area contributed by atoms with E-state index in [0.717, 1.165) is 43.0 Å². The summed E-state index contributed by atoms with van der Waals surface area (Å²) < 4.78 is 5.22. The van der Waals surface area contributed by atoms with E-state index in [4.69, 9.17) is 4.74 Å². The summed E-state index contributed by atoms with van der Waals surface area (Å²) in [5, 5.41) is 0. The zero-order chi connectivity index (χ0) is 19.9. The SMILES string of the molecule is CCOCC(=O)CCc1ccc2c(c1)[C@]1(C)CCN(CC3CC3)[C@H](C2=O)[C@@H]1C. The molecule has 152 valence electrons. The van der Waals surface area contributed by atoms with Gasteiger partial charge >= 0.3 is 0 Å². The monoisotopic (exact) mass is 383 g/mol. The van der Waals surface area contributed by atoms with Crippen LogP contribution < -0.4 is 0 Å². The number of benzene rings is 1. The maximum Gasteiger partial charge on any atom is 0.180 e. The summed E-state index contributed by atoms with van der Waals surface area (Å²) >= 11 is 0. The zero-order valence-corrected chi connectivity index (χ0v) is 17.5. The Hall–Kier alpha value is -1.52. The van der Waals surface area contributed by atoms with E-state index < -0.39 is 0 Å². The van der Waals surface area contributed by atoms with Crippen LogP contribution in [0.2, 0.25) is 0 Å². The number of hydrogen-bond donors (Lipinski definition) is 0. The van der Waals surface area contributed by atoms with Gasteiger partial charge < -0.3 is 4.74 Å². The van der Waals surface area contributed by atoms with Crippen molar-refractivity contribution in [3.05, 3.63) is 34.9 Å². The molecule has 4 nitrogen and oxygen atoms in total. The number of aryl methyl sites for hydroxylation is 1. The van der Waals surface area contributed by atoms with Crippen LogP contribution in [0.15, 0.2) is 18.2 Å². The predicted molar refractivity (Wildman–Crippen MR) is 110 cm³/mol. The highest BCUT2D eigenvalue weighted by Crippen LogP contribution is 2.49. The van der Waals surface area contributed by atoms with E-state index in [1.165, 1.54) is 18.4 Å². The second kappa shape index (κ2) is 7.72. The van der Waals surface area contributed by atoms with Crippen molar-refractivity contribution in [2.45, 2.75) is 64.3 Å². The summed E-state index contributed by atoms with van der Waals surface area (Å²) in [5.74, 6) is 1.58. The van der Waals surface area contributed by atoms with Crippen LogP contribution in [0.1, 0.15) is 67.9 Å². The van der Waals surface area contributed by atoms with Gasteiger partial charge in [0.15, 0.2) is 11.6 Å². The van der Waals surface area contributed by atoms with Gasteiger partial charge in [0.25, 0.3) is 0 Å². The Bertz CT molecular complexity index is 769. The van der Waals surface area contributed by atoms with Gasteiger partial charge in [0.1, 0.15) is 6.61 Å². The summed E-state index contributed by atoms with van der Waals surface area (Å²) in [6, 6.07) is 6.32. The Morgan fingerprint density at radius 2 is 2.11 bits per heavy atom. The van der Waals surface area contributed by atoms with E-state index >= 15 is 0 Å². The van der Waals surface area contributed by atoms with Gasteiger partial charge in [-0.05, 0) is 67.5 Å². The van der Waals surface area contributed by atoms with Crippen LogP contribution in [0, 0.1) is 11.8 Å². The Morgan fingerprint density at radius 1 is 1.32 bits per heavy atom. The lowest BCUT2D eigenvalue weighted by Gasteiger charge is -2.53. The van der Waals surface area contributed by atoms with Crippen molar-refractivity contribution in [2.75, 3.05) is 26.3 Å². The maximum atomic E-state index is 13.4. The van der Waals surface area contributed by atoms with Gasteiger partial charge in [0, 0.05) is 25.1 Å². The quantitative estimate of drug-likeness (QED) is 0.685. The molecule has 1 heterocycles. The van der Waals surface area contributed by atoms with Gasteiger partial charge in [-0.15, -0.1) is 0 Å². The van der Waals surface area contributed by atoms with Gasteiger partial charge in [-0.2, -0.15) is 0 Å². The number of carbonyl (C=O) groups is 2. The molecule has 1 aromatic carbocycles. The number of piperidine rings is 1. The zero-order valence-electron chi connectivity index (χ0n) is 17.5. The van der Waals surface area contributed by atoms with E-state index in [9.17, 15) is 9.59 Å². The van der Waals surface area contributed by atoms with E-state index in [2.05, 4.69) is 24.8 Å². The molecular formula is C24H33NO3. The summed E-state index contributed by atoms with van der Waals surface area (Å²) in [5.41, 5.74) is 3.32. The molecule has 4 heteroatoms. The molecule has 1 saturated carbocycles. The van der Waals surface area contributed by atoms with Crippen molar-refractivity contribution in [3.8, 4) is 0 Å². The molecule has 1 aliphatic heterocycles. The number of Topliss-reactive ketones (excluding diaryl/α,β-unsaturated/α-hetero) is 2. The fourth-order valence-electron chi connectivity index (χ4n) is 5.18. The average molecular weight is 384 g/mol. The van der Waals surface area contributed by atoms with E-state index in [0.29, 0.717) is 24.7 Å². The Kier molecular flexibility index (Phi) is 5.45. The minimum absolute atomic E-state index is 0.0328. The Morgan fingerprint density at radius 3 is 2.82 bits per heavy atom. The molecule has 0 spiro atoms. The van der Waals surface area contributed by atoms with E-state index in [1.54, 1.807) is 0 Å². The minimum atomic E-state index is 0.0328. The molecule has 4 rings (SSSR count). The third-order valence-electron chi connectivity index (χ3n) is 7.37. The Labute approximate surface area is 168 Å². The molecule has 0 amide bonds. The van der Waals surface area contributed by atoms with Gasteiger partial charge in [-0.1, -0.05) is 32.0 Å². The van der Waals surface area contributed by atoms with Crippen LogP contribution in [0.3, 0.4) is 0 Å². The molecule has 3 aliphatic rings. The first-order valence-corrected chi connectivity index (χ1v) is 10.9. The maximum absolute atomic E-state index is 13.4. The fraction of sp³-hybridized carbons (Fsp3) is 0.667. The van der Waals surface area contributed by atoms with Crippen LogP contribution >= 0.6 is 0 Å². The number of rotatable bonds is 8. The number of fused-ring (bicyclic) bond motifs is 4. The van der Waals surface area contributed by atoms with Gasteiger partial charge in [-0.3, -0.25) is 14.5 Å². The largest absolute Gasteiger partial charge is 0.374 e. The minimum Gasteiger partial charge on any atom is -0.374 e. The number of ether oxygens (including phenoxy) is 1. The average Bonchev–Trinajstić information content (AvgIpc) is 3.50. The van der Waals surface area contributed by atoms with Crippen LogP contribution in [0.5, 0.6) is 0 Å². The third kappa shape index (κ3) is 3.57. The fourth-order valence-corrected chi connectivity index (χ4v) is 5.18. The van der Waals surface area contributed by atoms with Crippen molar-refractivity contribution < 1.29 is 14.3 Å². The standard InChI is InChI=1S/C24H33NO3/c1-4-28-15-19(26)9-7-17-8-10-20-21(13-17)24(3)11-12-25(14-18-5-6-18)22(16(24)2)23(20)27/h8,10,13,16,18,22H,4-7,9,11-12,14-15H2,1-3H3/t16-,22-,24+/m0/s1. The molecular weight excluding hydrogens is 350 g/mol. The molecule has 28 heavy (non-hydrogen) atoms. The van der Waals surface area contributed by atoms with E-state index in [1.807, 2.05) is 19.1 Å². The number of carbonyl (C=O) groups excluding carboxylic acids is 2. The molecule has 3 atom stereocenters. The second-order valence-corrected chi connectivity index (χ2v) is 9.26. The van der Waals surface area contributed by atoms with Gasteiger partial charge in [-0.25, -0.2) is 0 Å². The highest BCUT2D eigenvalue weighted by molar-refractivity contribution is 6.03. The lowest BCUT2D eigenvalue weighted by Crippen LogP contribution is -2.61. The predicted octanol–water partition coefficient (Wildman–Crippen LogP) is 3.80. The van der Waals surface area contributed by atoms with Gasteiger partial charge in [0.2, 0.25) is 0 Å². The summed E-state index contributed by atoms with van der Waals surface area (Å²) in [7, 11) is 0. The van der Waals surface area contributed by atoms with Crippen molar-refractivity contribution >= 4 is 11.6 Å². The second-order valence-electron chi connectivity index (χ2n) is 9.26. The van der Waals surface area contributed by atoms with Crippen LogP contribution in [-0.2, 0) is 21.4 Å². The number of hydrogen-bond acceptors (Lipinski definition) is 4. The van der Waals surface area contributed by atoms with Gasteiger partial charge in [0.05, 0.1) is 6.04 Å². The van der Waals surface area contributed by atoms with E-state index in [-0.39, 0.29) is 23.8 Å². The normalized spacial score (nSPS) is 29.6. The molecule has 2 fully saturated rings. The van der Waals surface area contributed by atoms with Crippen molar-refractivity contribution in [3.63, 3.8) is 0 Å². The lowest BCUT2D eigenvalue weighted by atomic mass is 9.58. The highest BCUT2D eigenvalue weighted by atomic mass is 16.5. The van der Waals surface area contributed by atoms with Crippen molar-refractivity contribution in [1.82, 2.24) is 4.90 Å². The molecule has 0 radical (unpaired) electrons. The van der Waals surface area contributed by atoms with Crippen molar-refractivity contribution in [1.29, 1.82) is 0 Å². The Balaban J connectivity index is 1.55.